The zero-order valence-corrected chi connectivity index (χ0v) is 13.2. The topological polar surface area (TPSA) is 44.4 Å². The Morgan fingerprint density at radius 1 is 1.35 bits per heavy atom. The lowest BCUT2D eigenvalue weighted by Crippen LogP contribution is -2.57. The second-order valence-electron chi connectivity index (χ2n) is 5.95. The van der Waals surface area contributed by atoms with Crippen molar-refractivity contribution in [3.05, 3.63) is 35.6 Å². The predicted octanol–water partition coefficient (Wildman–Crippen LogP) is 1.93. The molecular weight excluding hydrogens is 307 g/mol. The molecule has 0 aliphatic carbocycles. The number of rotatable bonds is 5. The summed E-state index contributed by atoms with van der Waals surface area (Å²) in [5.41, 5.74) is 0.596. The van der Waals surface area contributed by atoms with E-state index in [4.69, 9.17) is 0 Å². The molecule has 0 bridgehead atoms. The van der Waals surface area contributed by atoms with Crippen molar-refractivity contribution in [3.63, 3.8) is 0 Å². The Balaban J connectivity index is 2.26. The van der Waals surface area contributed by atoms with E-state index < -0.39 is 30.7 Å². The summed E-state index contributed by atoms with van der Waals surface area (Å²) in [4.78, 5) is 14.5. The Hall–Kier alpha value is -1.60. The summed E-state index contributed by atoms with van der Waals surface area (Å²) in [7, 11) is 0. The Bertz CT molecular complexity index is 524. The molecule has 23 heavy (non-hydrogen) atoms. The highest BCUT2D eigenvalue weighted by Crippen LogP contribution is 2.25. The molecule has 0 aromatic heterocycles. The van der Waals surface area contributed by atoms with Crippen LogP contribution in [0.5, 0.6) is 0 Å². The summed E-state index contributed by atoms with van der Waals surface area (Å²) in [6.07, 6.45) is -2.60. The molecule has 3 atom stereocenters. The molecule has 7 heteroatoms. The SMILES string of the molecule is C[C@@H]1CN[C@@H](C)CN1C(C(=O)NCC(F)F)c1ccc(F)cc1. The van der Waals surface area contributed by atoms with Gasteiger partial charge in [-0.3, -0.25) is 9.69 Å². The molecule has 0 spiro atoms. The molecule has 1 unspecified atom stereocenters. The van der Waals surface area contributed by atoms with Crippen LogP contribution in [0.15, 0.2) is 24.3 Å². The van der Waals surface area contributed by atoms with Crippen molar-refractivity contribution in [2.45, 2.75) is 38.4 Å². The second-order valence-corrected chi connectivity index (χ2v) is 5.95. The fraction of sp³-hybridized carbons (Fsp3) is 0.562. The highest BCUT2D eigenvalue weighted by atomic mass is 19.3. The molecule has 1 heterocycles. The van der Waals surface area contributed by atoms with Crippen molar-refractivity contribution >= 4 is 5.91 Å². The van der Waals surface area contributed by atoms with Crippen molar-refractivity contribution in [2.75, 3.05) is 19.6 Å². The fourth-order valence-electron chi connectivity index (χ4n) is 2.82. The normalized spacial score (nSPS) is 23.7. The van der Waals surface area contributed by atoms with E-state index in [2.05, 4.69) is 10.6 Å². The van der Waals surface area contributed by atoms with Crippen molar-refractivity contribution in [1.82, 2.24) is 15.5 Å². The number of halogens is 3. The van der Waals surface area contributed by atoms with E-state index in [9.17, 15) is 18.0 Å². The van der Waals surface area contributed by atoms with Gasteiger partial charge in [-0.25, -0.2) is 13.2 Å². The third kappa shape index (κ3) is 4.68. The number of nitrogens with one attached hydrogen (secondary N) is 2. The number of carbonyl (C=O) groups is 1. The van der Waals surface area contributed by atoms with Crippen LogP contribution in [-0.4, -0.2) is 49.0 Å². The summed E-state index contributed by atoms with van der Waals surface area (Å²) in [6.45, 7) is 4.58. The van der Waals surface area contributed by atoms with Gasteiger partial charge in [-0.15, -0.1) is 0 Å². The van der Waals surface area contributed by atoms with Crippen LogP contribution in [0.2, 0.25) is 0 Å². The molecule has 128 valence electrons. The molecule has 4 nitrogen and oxygen atoms in total. The lowest BCUT2D eigenvalue weighted by molar-refractivity contribution is -0.129. The highest BCUT2D eigenvalue weighted by Gasteiger charge is 2.34. The Morgan fingerprint density at radius 3 is 2.61 bits per heavy atom. The van der Waals surface area contributed by atoms with Crippen molar-refractivity contribution in [2.24, 2.45) is 0 Å². The maximum atomic E-state index is 13.2. The van der Waals surface area contributed by atoms with E-state index in [1.165, 1.54) is 24.3 Å². The van der Waals surface area contributed by atoms with Gasteiger partial charge in [0.25, 0.3) is 6.43 Å². The Labute approximate surface area is 134 Å². The zero-order chi connectivity index (χ0) is 17.0. The summed E-state index contributed by atoms with van der Waals surface area (Å²) in [5.74, 6) is -0.889. The fourth-order valence-corrected chi connectivity index (χ4v) is 2.82. The van der Waals surface area contributed by atoms with Gasteiger partial charge in [-0.2, -0.15) is 0 Å². The molecule has 0 radical (unpaired) electrons. The van der Waals surface area contributed by atoms with Crippen molar-refractivity contribution in [1.29, 1.82) is 0 Å². The van der Waals surface area contributed by atoms with E-state index in [1.807, 2.05) is 18.7 Å². The van der Waals surface area contributed by atoms with E-state index in [0.717, 1.165) is 0 Å². The van der Waals surface area contributed by atoms with E-state index in [0.29, 0.717) is 18.7 Å². The molecule has 1 aromatic carbocycles. The van der Waals surface area contributed by atoms with Crippen LogP contribution in [0.1, 0.15) is 25.5 Å². The first kappa shape index (κ1) is 17.7. The number of nitrogens with zero attached hydrogens (tertiary/aromatic N) is 1. The number of carbonyl (C=O) groups excluding carboxylic acids is 1. The molecule has 1 aliphatic rings. The number of hydrogen-bond acceptors (Lipinski definition) is 3. The first-order valence-electron chi connectivity index (χ1n) is 7.69. The summed E-state index contributed by atoms with van der Waals surface area (Å²) >= 11 is 0. The second kappa shape index (κ2) is 7.79. The number of benzene rings is 1. The number of piperazine rings is 1. The molecule has 1 amide bonds. The van der Waals surface area contributed by atoms with Crippen LogP contribution < -0.4 is 10.6 Å². The van der Waals surface area contributed by atoms with Gasteiger partial charge in [-0.1, -0.05) is 12.1 Å². The van der Waals surface area contributed by atoms with Gasteiger partial charge in [0.1, 0.15) is 11.9 Å². The van der Waals surface area contributed by atoms with Crippen LogP contribution in [0.3, 0.4) is 0 Å². The van der Waals surface area contributed by atoms with Gasteiger partial charge in [0.15, 0.2) is 0 Å². The van der Waals surface area contributed by atoms with Gasteiger partial charge in [0.2, 0.25) is 5.91 Å². The Kier molecular flexibility index (Phi) is 6.01. The summed E-state index contributed by atoms with van der Waals surface area (Å²) in [6, 6.07) is 5.13. The molecular formula is C16H22F3N3O. The molecule has 2 rings (SSSR count). The lowest BCUT2D eigenvalue weighted by atomic mass is 9.99. The minimum Gasteiger partial charge on any atom is -0.349 e. The molecule has 1 fully saturated rings. The smallest absolute Gasteiger partial charge is 0.255 e. The van der Waals surface area contributed by atoms with E-state index >= 15 is 0 Å². The molecule has 1 saturated heterocycles. The van der Waals surface area contributed by atoms with Gasteiger partial charge >= 0.3 is 0 Å². The third-order valence-corrected chi connectivity index (χ3v) is 4.01. The summed E-state index contributed by atoms with van der Waals surface area (Å²) < 4.78 is 38.0. The average Bonchev–Trinajstić information content (AvgIpc) is 2.51. The monoisotopic (exact) mass is 329 g/mol. The quantitative estimate of drug-likeness (QED) is 0.868. The molecule has 1 aliphatic heterocycles. The number of amides is 1. The van der Waals surface area contributed by atoms with Crippen LogP contribution in [-0.2, 0) is 4.79 Å². The van der Waals surface area contributed by atoms with Gasteiger partial charge < -0.3 is 10.6 Å². The third-order valence-electron chi connectivity index (χ3n) is 4.01. The number of hydrogen-bond donors (Lipinski definition) is 2. The van der Waals surface area contributed by atoms with E-state index in [1.54, 1.807) is 0 Å². The number of alkyl halides is 2. The predicted molar refractivity (Wildman–Crippen MR) is 81.8 cm³/mol. The standard InChI is InChI=1S/C16H22F3N3O/c1-10-9-22(11(2)7-20-10)15(16(23)21-8-14(18)19)12-3-5-13(17)6-4-12/h3-6,10-11,14-15,20H,7-9H2,1-2H3,(H,21,23)/t10-,11+,15?/m0/s1. The maximum Gasteiger partial charge on any atom is 0.255 e. The lowest BCUT2D eigenvalue weighted by Gasteiger charge is -2.42. The van der Waals surface area contributed by atoms with Crippen LogP contribution >= 0.6 is 0 Å². The zero-order valence-electron chi connectivity index (χ0n) is 13.2. The van der Waals surface area contributed by atoms with Crippen molar-refractivity contribution < 1.29 is 18.0 Å². The van der Waals surface area contributed by atoms with E-state index in [-0.39, 0.29) is 12.1 Å². The van der Waals surface area contributed by atoms with Gasteiger partial charge in [-0.05, 0) is 31.5 Å². The van der Waals surface area contributed by atoms with Crippen molar-refractivity contribution in [3.8, 4) is 0 Å². The summed E-state index contributed by atoms with van der Waals surface area (Å²) in [5, 5.41) is 5.60. The van der Waals surface area contributed by atoms with Gasteiger partial charge in [0.05, 0.1) is 6.54 Å². The highest BCUT2D eigenvalue weighted by molar-refractivity contribution is 5.83. The minimum absolute atomic E-state index is 0.0542. The van der Waals surface area contributed by atoms with Crippen LogP contribution in [0, 0.1) is 5.82 Å². The van der Waals surface area contributed by atoms with Crippen LogP contribution in [0.25, 0.3) is 0 Å². The average molecular weight is 329 g/mol. The molecule has 1 aromatic rings. The first-order valence-corrected chi connectivity index (χ1v) is 7.69. The Morgan fingerprint density at radius 2 is 2.00 bits per heavy atom. The first-order chi connectivity index (χ1) is 10.9. The molecule has 2 N–H and O–H groups in total. The minimum atomic E-state index is -2.60. The van der Waals surface area contributed by atoms with Crippen LogP contribution in [0.4, 0.5) is 13.2 Å². The van der Waals surface area contributed by atoms with Gasteiger partial charge in [0, 0.05) is 25.2 Å². The largest absolute Gasteiger partial charge is 0.349 e. The molecule has 0 saturated carbocycles. The maximum absolute atomic E-state index is 13.2.